The number of aromatic nitrogens is 4. The minimum atomic E-state index is -0.898. The van der Waals surface area contributed by atoms with Gasteiger partial charge in [0.05, 0.1) is 11.9 Å². The second-order valence-corrected chi connectivity index (χ2v) is 21.4. The van der Waals surface area contributed by atoms with Gasteiger partial charge >= 0.3 is 0 Å². The summed E-state index contributed by atoms with van der Waals surface area (Å²) in [6.07, 6.45) is 5.74. The van der Waals surface area contributed by atoms with Gasteiger partial charge in [0.25, 0.3) is 0 Å². The first-order valence-electron chi connectivity index (χ1n) is 27.8. The summed E-state index contributed by atoms with van der Waals surface area (Å²) in [7, 11) is 0. The Morgan fingerprint density at radius 2 is 0.784 bits per heavy atom. The molecule has 0 fully saturated rings. The number of hydrogen-bond acceptors (Lipinski definition) is 4. The Bertz CT molecular complexity index is 4930. The third-order valence-electron chi connectivity index (χ3n) is 16.0. The van der Waals surface area contributed by atoms with Gasteiger partial charge in [0.2, 0.25) is 0 Å². The van der Waals surface area contributed by atoms with E-state index in [0.717, 1.165) is 73.4 Å². The number of pyridine rings is 4. The first kappa shape index (κ1) is 56.8. The monoisotopic (exact) mass is 1340 g/mol. The van der Waals surface area contributed by atoms with Crippen LogP contribution in [-0.4, -0.2) is 19.9 Å². The van der Waals surface area contributed by atoms with Gasteiger partial charge in [-0.05, 0) is 197 Å². The molecule has 0 amide bonds. The quantitative estimate of drug-likeness (QED) is 0.0778. The maximum absolute atomic E-state index is 16.5. The summed E-state index contributed by atoms with van der Waals surface area (Å²) in [5, 5.41) is 6.53. The second kappa shape index (κ2) is 23.2. The number of halogens is 7. The maximum Gasteiger partial charge on any atom is 0.153 e. The summed E-state index contributed by atoms with van der Waals surface area (Å²) in [5.41, 5.74) is 10.3. The molecule has 14 rings (SSSR count). The molecule has 4 aromatic heterocycles. The maximum atomic E-state index is 16.5. The number of rotatable bonds is 10. The van der Waals surface area contributed by atoms with E-state index >= 15 is 22.0 Å². The van der Waals surface area contributed by atoms with E-state index in [9.17, 15) is 8.78 Å². The molecule has 0 bridgehead atoms. The van der Waals surface area contributed by atoms with Crippen LogP contribution in [0.1, 0.15) is 11.1 Å². The van der Waals surface area contributed by atoms with Crippen molar-refractivity contribution >= 4 is 32.3 Å². The van der Waals surface area contributed by atoms with Crippen molar-refractivity contribution in [3.63, 3.8) is 0 Å². The molecule has 4 nitrogen and oxygen atoms in total. The van der Waals surface area contributed by atoms with Crippen LogP contribution in [0, 0.1) is 66.7 Å². The first-order valence-corrected chi connectivity index (χ1v) is 27.8. The van der Waals surface area contributed by atoms with Crippen LogP contribution in [0.15, 0.2) is 225 Å². The second-order valence-electron chi connectivity index (χ2n) is 21.4. The van der Waals surface area contributed by atoms with Crippen molar-refractivity contribution < 1.29 is 50.8 Å². The molecule has 0 aliphatic heterocycles. The van der Waals surface area contributed by atoms with Gasteiger partial charge in [0.1, 0.15) is 29.0 Å². The van der Waals surface area contributed by atoms with Crippen LogP contribution in [0.5, 0.6) is 0 Å². The standard InChI is InChI=1S/C76H43F7N4.Ir/c1-42-26-74(62-25-20-52(80)35-71(62)82)85-39-68(42)59-22-17-49(77)32-63(59)46-28-47(64-33-50(78)18-23-60(64)69-40-86-75(27-43(69)2)76-72(83)36-53(81)38-87-76)30-48(29-46)65-34-51(79)19-24-61(65)70-41-84-73(44-10-4-3-5-11-44)37-66(70)45-16-21-58-56-14-7-6-12-54(56)55-13-8-9-15-57(55)67(58)31-45;/h3-10,12-24,26-41H,1-2H3;/q-2;. The van der Waals surface area contributed by atoms with Crippen LogP contribution >= 0.6 is 0 Å². The van der Waals surface area contributed by atoms with E-state index in [1.807, 2.05) is 66.7 Å². The van der Waals surface area contributed by atoms with Gasteiger partial charge < -0.3 is 9.97 Å². The fourth-order valence-corrected chi connectivity index (χ4v) is 11.9. The number of fused-ring (bicyclic) bond motifs is 6. The van der Waals surface area contributed by atoms with E-state index < -0.39 is 40.7 Å². The Morgan fingerprint density at radius 1 is 0.307 bits per heavy atom. The Morgan fingerprint density at radius 3 is 1.32 bits per heavy atom. The minimum Gasteiger partial charge on any atom is -0.304 e. The molecule has 4 heterocycles. The molecule has 0 aliphatic rings. The molecule has 14 aromatic rings. The van der Waals surface area contributed by atoms with Crippen LogP contribution < -0.4 is 0 Å². The largest absolute Gasteiger partial charge is 0.304 e. The van der Waals surface area contributed by atoms with Crippen LogP contribution in [-0.2, 0) is 20.1 Å². The van der Waals surface area contributed by atoms with Crippen molar-refractivity contribution in [1.29, 1.82) is 0 Å². The molecule has 0 N–H and O–H groups in total. The van der Waals surface area contributed by atoms with Crippen molar-refractivity contribution in [2.45, 2.75) is 13.8 Å². The summed E-state index contributed by atoms with van der Waals surface area (Å²) in [4.78, 5) is 18.2. The molecule has 12 heteroatoms. The third kappa shape index (κ3) is 10.5. The fourth-order valence-electron chi connectivity index (χ4n) is 11.9. The van der Waals surface area contributed by atoms with Crippen LogP contribution in [0.25, 0.3) is 144 Å². The zero-order valence-corrected chi connectivity index (χ0v) is 49.0. The molecule has 0 spiro atoms. The summed E-state index contributed by atoms with van der Waals surface area (Å²) in [6, 6.07) is 63.0. The van der Waals surface area contributed by atoms with Crippen LogP contribution in [0.3, 0.4) is 0 Å². The van der Waals surface area contributed by atoms with Crippen LogP contribution in [0.2, 0.25) is 0 Å². The van der Waals surface area contributed by atoms with E-state index in [1.54, 1.807) is 56.4 Å². The Kier molecular flexibility index (Phi) is 15.0. The molecule has 88 heavy (non-hydrogen) atoms. The SMILES string of the molecule is Cc1cc(-c2[c-]cc(F)cc2F)ncc1-c1ccc(F)cc1-c1cc(-c2cc(F)ccc2-c2cnc(-c3ncc(F)cc3F)cc2C)cc(-c2cc(F)ccc2-c2cnc(-c3[c-]cccc3)cc2-c2ccc3c4ccccc4c4ccccc4c3c2)c1.[Ir]. The molecular formula is C76H43F7IrN4-2. The molecule has 0 saturated heterocycles. The van der Waals surface area contributed by atoms with Gasteiger partial charge in [-0.3, -0.25) is 13.8 Å². The summed E-state index contributed by atoms with van der Waals surface area (Å²) in [6.45, 7) is 3.58. The molecule has 0 unspecified atom stereocenters. The van der Waals surface area contributed by atoms with E-state index in [-0.39, 0.29) is 42.8 Å². The molecule has 1 radical (unpaired) electrons. The molecule has 0 atom stereocenters. The Balaban J connectivity index is 0.00000714. The van der Waals surface area contributed by atoms with Crippen LogP contribution in [0.4, 0.5) is 30.7 Å². The van der Waals surface area contributed by atoms with Crippen molar-refractivity contribution in [2.75, 3.05) is 0 Å². The van der Waals surface area contributed by atoms with E-state index in [1.165, 1.54) is 48.8 Å². The van der Waals surface area contributed by atoms with Crippen molar-refractivity contribution in [3.05, 3.63) is 289 Å². The van der Waals surface area contributed by atoms with Crippen molar-refractivity contribution in [3.8, 4) is 112 Å². The number of aryl methyl sites for hydroxylation is 2. The predicted octanol–water partition coefficient (Wildman–Crippen LogP) is 20.6. The van der Waals surface area contributed by atoms with Crippen molar-refractivity contribution in [2.24, 2.45) is 0 Å². The third-order valence-corrected chi connectivity index (χ3v) is 16.0. The molecule has 10 aromatic carbocycles. The molecule has 427 valence electrons. The van der Waals surface area contributed by atoms with Gasteiger partial charge in [-0.1, -0.05) is 103 Å². The first-order chi connectivity index (χ1) is 42.3. The summed E-state index contributed by atoms with van der Waals surface area (Å²) >= 11 is 0. The van der Waals surface area contributed by atoms with E-state index in [2.05, 4.69) is 69.5 Å². The van der Waals surface area contributed by atoms with E-state index in [0.29, 0.717) is 83.6 Å². The topological polar surface area (TPSA) is 51.6 Å². The zero-order valence-electron chi connectivity index (χ0n) is 46.6. The van der Waals surface area contributed by atoms with Crippen molar-refractivity contribution in [1.82, 2.24) is 19.9 Å². The Hall–Kier alpha value is -10.3. The average molecular weight is 1340 g/mol. The molecular weight excluding hydrogens is 1290 g/mol. The number of benzene rings is 10. The Labute approximate surface area is 514 Å². The molecule has 0 aliphatic carbocycles. The predicted molar refractivity (Wildman–Crippen MR) is 331 cm³/mol. The number of nitrogens with zero attached hydrogens (tertiary/aromatic N) is 4. The normalized spacial score (nSPS) is 11.4. The minimum absolute atomic E-state index is 0. The van der Waals surface area contributed by atoms with Gasteiger partial charge in [-0.25, -0.2) is 26.9 Å². The number of hydrogen-bond donors (Lipinski definition) is 0. The van der Waals surface area contributed by atoms with Gasteiger partial charge in [-0.15, -0.1) is 48.0 Å². The van der Waals surface area contributed by atoms with Gasteiger partial charge in [0.15, 0.2) is 5.82 Å². The zero-order chi connectivity index (χ0) is 59.6. The van der Waals surface area contributed by atoms with E-state index in [4.69, 9.17) is 4.98 Å². The summed E-state index contributed by atoms with van der Waals surface area (Å²) in [5.74, 6) is -5.10. The summed E-state index contributed by atoms with van der Waals surface area (Å²) < 4.78 is 107. The average Bonchev–Trinajstić information content (AvgIpc) is 1.56. The van der Waals surface area contributed by atoms with Gasteiger partial charge in [0, 0.05) is 73.1 Å². The van der Waals surface area contributed by atoms with Gasteiger partial charge in [-0.2, -0.15) is 0 Å². The molecule has 0 saturated carbocycles. The smallest absolute Gasteiger partial charge is 0.153 e. The fraction of sp³-hybridized carbons (Fsp3) is 0.0263.